The van der Waals surface area contributed by atoms with E-state index in [1.165, 1.54) is 0 Å². The Kier molecular flexibility index (Phi) is 5.82. The molecule has 1 heterocycles. The van der Waals surface area contributed by atoms with Gasteiger partial charge in [-0.3, -0.25) is 4.79 Å². The third-order valence-electron chi connectivity index (χ3n) is 4.98. The molecule has 2 aromatic carbocycles. The van der Waals surface area contributed by atoms with Crippen LogP contribution < -0.4 is 9.47 Å². The predicted octanol–water partition coefficient (Wildman–Crippen LogP) is 5.53. The molecule has 0 spiro atoms. The number of carbonyl (C=O) groups excluding carboxylic acids is 1. The fraction of sp³-hybridized carbons (Fsp3) is 0.435. The number of esters is 1. The maximum Gasteiger partial charge on any atom is 0.308 e. The Bertz CT molecular complexity index is 885. The summed E-state index contributed by atoms with van der Waals surface area (Å²) in [5.74, 6) is 2.41. The van der Waals surface area contributed by atoms with Crippen molar-refractivity contribution in [1.29, 1.82) is 0 Å². The quantitative estimate of drug-likeness (QED) is 0.664. The van der Waals surface area contributed by atoms with E-state index in [0.717, 1.165) is 40.2 Å². The number of phenols is 1. The molecule has 0 amide bonds. The molecule has 0 fully saturated rings. The molecule has 1 unspecified atom stereocenters. The average Bonchev–Trinajstić information content (AvgIpc) is 3.02. The summed E-state index contributed by atoms with van der Waals surface area (Å²) in [4.78, 5) is 11.8. The molecule has 1 aliphatic rings. The molecule has 5 nitrogen and oxygen atoms in total. The second kappa shape index (κ2) is 8.13. The summed E-state index contributed by atoms with van der Waals surface area (Å²) in [6, 6.07) is 7.22. The number of benzene rings is 2. The van der Waals surface area contributed by atoms with E-state index in [-0.39, 0.29) is 17.6 Å². The lowest BCUT2D eigenvalue weighted by molar-refractivity contribution is -0.161. The first-order valence-corrected chi connectivity index (χ1v) is 9.80. The summed E-state index contributed by atoms with van der Waals surface area (Å²) in [5.41, 5.74) is 3.76. The maximum absolute atomic E-state index is 11.8. The number of hydrogen-bond donors (Lipinski definition) is 1. The Morgan fingerprint density at radius 2 is 2.04 bits per heavy atom. The van der Waals surface area contributed by atoms with Crippen molar-refractivity contribution in [1.82, 2.24) is 0 Å². The van der Waals surface area contributed by atoms with Crippen LogP contribution in [0.15, 0.2) is 24.3 Å². The van der Waals surface area contributed by atoms with Crippen LogP contribution in [0.4, 0.5) is 0 Å². The highest BCUT2D eigenvalue weighted by molar-refractivity contribution is 5.69. The van der Waals surface area contributed by atoms with Crippen LogP contribution in [-0.2, 0) is 16.0 Å². The van der Waals surface area contributed by atoms with Gasteiger partial charge >= 0.3 is 5.97 Å². The Morgan fingerprint density at radius 3 is 2.71 bits per heavy atom. The fourth-order valence-electron chi connectivity index (χ4n) is 3.48. The van der Waals surface area contributed by atoms with Gasteiger partial charge in [-0.05, 0) is 61.6 Å². The summed E-state index contributed by atoms with van der Waals surface area (Å²) in [5, 5.41) is 10.0. The van der Waals surface area contributed by atoms with Crippen LogP contribution in [0.1, 0.15) is 61.8 Å². The molecular weight excluding hydrogens is 356 g/mol. The molecule has 28 heavy (non-hydrogen) atoms. The number of phenolic OH excluding ortho intramolecular Hbond substituents is 1. The van der Waals surface area contributed by atoms with Crippen molar-refractivity contribution in [3.63, 3.8) is 0 Å². The summed E-state index contributed by atoms with van der Waals surface area (Å²) < 4.78 is 17.4. The summed E-state index contributed by atoms with van der Waals surface area (Å²) in [6.07, 6.45) is 1.07. The molecule has 3 rings (SSSR count). The van der Waals surface area contributed by atoms with Crippen LogP contribution in [0.3, 0.4) is 0 Å². The number of rotatable bonds is 6. The zero-order chi connectivity index (χ0) is 20.4. The second-order valence-corrected chi connectivity index (χ2v) is 7.59. The third-order valence-corrected chi connectivity index (χ3v) is 4.98. The smallest absolute Gasteiger partial charge is 0.308 e. The van der Waals surface area contributed by atoms with Gasteiger partial charge in [0.05, 0.1) is 6.42 Å². The van der Waals surface area contributed by atoms with Gasteiger partial charge in [-0.1, -0.05) is 20.8 Å². The highest BCUT2D eigenvalue weighted by Crippen LogP contribution is 2.41. The molecule has 0 radical (unpaired) electrons. The monoisotopic (exact) mass is 384 g/mol. The number of carbonyl (C=O) groups is 1. The fourth-order valence-corrected chi connectivity index (χ4v) is 3.48. The van der Waals surface area contributed by atoms with E-state index in [9.17, 15) is 9.90 Å². The third kappa shape index (κ3) is 4.08. The van der Waals surface area contributed by atoms with E-state index in [1.807, 2.05) is 46.8 Å². The molecule has 0 saturated heterocycles. The van der Waals surface area contributed by atoms with Gasteiger partial charge in [0.25, 0.3) is 0 Å². The van der Waals surface area contributed by atoms with Crippen LogP contribution in [0.5, 0.6) is 23.0 Å². The van der Waals surface area contributed by atoms with E-state index in [0.29, 0.717) is 18.6 Å². The standard InChI is InChI=1S/C23H28O5/c1-6-7-21(25)28-22-12-18-15(5)23(14(4)10-20(18)27-22)26-16-8-9-19(24)17(11-16)13(2)3/h8-11,13,22,24H,6-7,12H2,1-5H3. The Balaban J connectivity index is 1.84. The van der Waals surface area contributed by atoms with Crippen LogP contribution >= 0.6 is 0 Å². The Hall–Kier alpha value is -2.69. The molecule has 0 aromatic heterocycles. The van der Waals surface area contributed by atoms with Gasteiger partial charge in [0, 0.05) is 17.5 Å². The van der Waals surface area contributed by atoms with E-state index in [2.05, 4.69) is 0 Å². The van der Waals surface area contributed by atoms with Gasteiger partial charge in [0.2, 0.25) is 6.29 Å². The lowest BCUT2D eigenvalue weighted by atomic mass is 10.0. The molecule has 150 valence electrons. The topological polar surface area (TPSA) is 65.0 Å². The summed E-state index contributed by atoms with van der Waals surface area (Å²) >= 11 is 0. The number of hydrogen-bond acceptors (Lipinski definition) is 5. The number of ether oxygens (including phenoxy) is 3. The van der Waals surface area contributed by atoms with E-state index in [1.54, 1.807) is 12.1 Å². The van der Waals surface area contributed by atoms with Gasteiger partial charge in [-0.15, -0.1) is 0 Å². The maximum atomic E-state index is 11.8. The van der Waals surface area contributed by atoms with E-state index < -0.39 is 6.29 Å². The molecule has 1 atom stereocenters. The SMILES string of the molecule is CCCC(=O)OC1Cc2c(cc(C)c(Oc3ccc(O)c(C(C)C)c3)c2C)O1. The molecule has 0 saturated carbocycles. The largest absolute Gasteiger partial charge is 0.508 e. The van der Waals surface area contributed by atoms with E-state index >= 15 is 0 Å². The number of fused-ring (bicyclic) bond motifs is 1. The summed E-state index contributed by atoms with van der Waals surface area (Å²) in [7, 11) is 0. The van der Waals surface area contributed by atoms with Gasteiger partial charge < -0.3 is 19.3 Å². The molecule has 1 N–H and O–H groups in total. The molecule has 2 aromatic rings. The van der Waals surface area contributed by atoms with Gasteiger partial charge in [0.15, 0.2) is 0 Å². The van der Waals surface area contributed by atoms with Crippen LogP contribution in [-0.4, -0.2) is 17.4 Å². The van der Waals surface area contributed by atoms with Crippen LogP contribution in [0.25, 0.3) is 0 Å². The van der Waals surface area contributed by atoms with E-state index in [4.69, 9.17) is 14.2 Å². The lowest BCUT2D eigenvalue weighted by Crippen LogP contribution is -2.21. The van der Waals surface area contributed by atoms with Crippen LogP contribution in [0.2, 0.25) is 0 Å². The zero-order valence-corrected chi connectivity index (χ0v) is 17.2. The van der Waals surface area contributed by atoms with Crippen molar-refractivity contribution in [2.24, 2.45) is 0 Å². The number of aryl methyl sites for hydroxylation is 1. The van der Waals surface area contributed by atoms with Gasteiger partial charge in [-0.2, -0.15) is 0 Å². The zero-order valence-electron chi connectivity index (χ0n) is 17.2. The highest BCUT2D eigenvalue weighted by Gasteiger charge is 2.29. The first kappa shape index (κ1) is 20.1. The van der Waals surface area contributed by atoms with Crippen molar-refractivity contribution < 1.29 is 24.1 Å². The number of aromatic hydroxyl groups is 1. The lowest BCUT2D eigenvalue weighted by Gasteiger charge is -2.16. The summed E-state index contributed by atoms with van der Waals surface area (Å²) in [6.45, 7) is 9.96. The predicted molar refractivity (Wildman–Crippen MR) is 107 cm³/mol. The van der Waals surface area contributed by atoms with Gasteiger partial charge in [-0.25, -0.2) is 0 Å². The molecule has 0 bridgehead atoms. The normalized spacial score (nSPS) is 15.3. The second-order valence-electron chi connectivity index (χ2n) is 7.59. The molecule has 5 heteroatoms. The minimum Gasteiger partial charge on any atom is -0.508 e. The molecule has 1 aliphatic heterocycles. The van der Waals surface area contributed by atoms with Crippen molar-refractivity contribution in [2.75, 3.05) is 0 Å². The van der Waals surface area contributed by atoms with Crippen molar-refractivity contribution in [3.8, 4) is 23.0 Å². The molecular formula is C23H28O5. The van der Waals surface area contributed by atoms with Crippen molar-refractivity contribution in [3.05, 3.63) is 46.5 Å². The average molecular weight is 384 g/mol. The minimum atomic E-state index is -0.580. The Morgan fingerprint density at radius 1 is 1.29 bits per heavy atom. The first-order valence-electron chi connectivity index (χ1n) is 9.80. The van der Waals surface area contributed by atoms with Crippen molar-refractivity contribution in [2.45, 2.75) is 66.1 Å². The first-order chi connectivity index (χ1) is 13.3. The van der Waals surface area contributed by atoms with Gasteiger partial charge in [0.1, 0.15) is 23.0 Å². The Labute approximate surface area is 166 Å². The highest BCUT2D eigenvalue weighted by atomic mass is 16.7. The van der Waals surface area contributed by atoms with Crippen LogP contribution in [0, 0.1) is 13.8 Å². The minimum absolute atomic E-state index is 0.192. The van der Waals surface area contributed by atoms with Crippen molar-refractivity contribution >= 4 is 5.97 Å². The molecule has 0 aliphatic carbocycles.